The normalized spacial score (nSPS) is 10.8. The van der Waals surface area contributed by atoms with Crippen LogP contribution in [0.15, 0.2) is 48.0 Å². The molecule has 0 saturated carbocycles. The number of hydrogen-bond donors (Lipinski definition) is 1. The Morgan fingerprint density at radius 2 is 2.04 bits per heavy atom. The van der Waals surface area contributed by atoms with E-state index in [1.165, 1.54) is 42.5 Å². The van der Waals surface area contributed by atoms with E-state index in [0.29, 0.717) is 11.1 Å². The number of nitriles is 1. The zero-order chi connectivity index (χ0) is 17.7. The second-order valence-corrected chi connectivity index (χ2v) is 4.91. The van der Waals surface area contributed by atoms with Crippen molar-refractivity contribution in [1.82, 2.24) is 0 Å². The van der Waals surface area contributed by atoms with Crippen molar-refractivity contribution in [2.24, 2.45) is 0 Å². The number of carbonyl (C=O) groups is 1. The predicted molar refractivity (Wildman–Crippen MR) is 86.5 cm³/mol. The third-order valence-corrected chi connectivity index (χ3v) is 3.23. The number of nitro groups is 1. The Morgan fingerprint density at radius 1 is 1.33 bits per heavy atom. The zero-order valence-corrected chi connectivity index (χ0v) is 12.6. The van der Waals surface area contributed by atoms with E-state index in [1.54, 1.807) is 19.1 Å². The summed E-state index contributed by atoms with van der Waals surface area (Å²) >= 11 is 0. The van der Waals surface area contributed by atoms with Crippen LogP contribution in [-0.2, 0) is 4.79 Å². The molecule has 1 N–H and O–H groups in total. The van der Waals surface area contributed by atoms with Crippen LogP contribution in [-0.4, -0.2) is 10.8 Å². The first kappa shape index (κ1) is 16.8. The maximum absolute atomic E-state index is 13.5. The van der Waals surface area contributed by atoms with Gasteiger partial charge in [0.15, 0.2) is 0 Å². The van der Waals surface area contributed by atoms with Gasteiger partial charge in [-0.15, -0.1) is 0 Å². The number of rotatable bonds is 4. The Morgan fingerprint density at radius 3 is 2.67 bits per heavy atom. The van der Waals surface area contributed by atoms with E-state index in [2.05, 4.69) is 5.32 Å². The molecule has 24 heavy (non-hydrogen) atoms. The van der Waals surface area contributed by atoms with E-state index in [-0.39, 0.29) is 16.9 Å². The fraction of sp³-hybridized carbons (Fsp3) is 0.0588. The number of hydrogen-bond acceptors (Lipinski definition) is 4. The summed E-state index contributed by atoms with van der Waals surface area (Å²) in [6.07, 6.45) is 1.21. The predicted octanol–water partition coefficient (Wildman–Crippen LogP) is 3.59. The molecule has 0 saturated heterocycles. The van der Waals surface area contributed by atoms with Crippen LogP contribution in [0.4, 0.5) is 15.8 Å². The van der Waals surface area contributed by atoms with Gasteiger partial charge in [0, 0.05) is 11.6 Å². The van der Waals surface area contributed by atoms with Crippen LogP contribution in [0.3, 0.4) is 0 Å². The molecule has 0 heterocycles. The van der Waals surface area contributed by atoms with E-state index in [1.807, 2.05) is 0 Å². The molecule has 2 rings (SSSR count). The van der Waals surface area contributed by atoms with E-state index >= 15 is 0 Å². The molecule has 0 aliphatic carbocycles. The number of carbonyl (C=O) groups excluding carboxylic acids is 1. The molecule has 0 atom stereocenters. The first-order chi connectivity index (χ1) is 11.4. The molecule has 2 aromatic rings. The van der Waals surface area contributed by atoms with Crippen LogP contribution in [0.5, 0.6) is 0 Å². The fourth-order valence-corrected chi connectivity index (χ4v) is 1.98. The molecule has 0 bridgehead atoms. The summed E-state index contributed by atoms with van der Waals surface area (Å²) in [6, 6.07) is 11.6. The van der Waals surface area contributed by atoms with Crippen LogP contribution in [0.25, 0.3) is 6.08 Å². The summed E-state index contributed by atoms with van der Waals surface area (Å²) in [5.74, 6) is -1.43. The van der Waals surface area contributed by atoms with E-state index in [4.69, 9.17) is 5.26 Å². The highest BCUT2D eigenvalue weighted by molar-refractivity contribution is 6.09. The Kier molecular flexibility index (Phi) is 5.02. The fourth-order valence-electron chi connectivity index (χ4n) is 1.98. The zero-order valence-electron chi connectivity index (χ0n) is 12.6. The number of para-hydroxylation sites is 1. The van der Waals surface area contributed by atoms with Crippen molar-refractivity contribution in [3.8, 4) is 6.07 Å². The molecular weight excluding hydrogens is 313 g/mol. The second kappa shape index (κ2) is 7.15. The first-order valence-electron chi connectivity index (χ1n) is 6.85. The van der Waals surface area contributed by atoms with Gasteiger partial charge >= 0.3 is 0 Å². The van der Waals surface area contributed by atoms with Gasteiger partial charge in [0.05, 0.1) is 10.6 Å². The number of anilines is 1. The Balaban J connectivity index is 2.31. The van der Waals surface area contributed by atoms with Gasteiger partial charge in [-0.1, -0.05) is 24.3 Å². The second-order valence-electron chi connectivity index (χ2n) is 4.91. The van der Waals surface area contributed by atoms with Crippen molar-refractivity contribution >= 4 is 23.4 Å². The molecule has 0 unspecified atom stereocenters. The molecule has 6 nitrogen and oxygen atoms in total. The average Bonchev–Trinajstić information content (AvgIpc) is 2.55. The van der Waals surface area contributed by atoms with Crippen molar-refractivity contribution in [1.29, 1.82) is 5.26 Å². The topological polar surface area (TPSA) is 96.0 Å². The molecule has 0 radical (unpaired) electrons. The number of halogens is 1. The Hall–Kier alpha value is -3.53. The van der Waals surface area contributed by atoms with Gasteiger partial charge in [-0.25, -0.2) is 4.39 Å². The summed E-state index contributed by atoms with van der Waals surface area (Å²) in [5, 5.41) is 22.4. The molecule has 0 spiro atoms. The molecular formula is C17H12FN3O3. The molecule has 1 amide bonds. The summed E-state index contributed by atoms with van der Waals surface area (Å²) in [4.78, 5) is 22.5. The summed E-state index contributed by atoms with van der Waals surface area (Å²) in [6.45, 7) is 1.59. The largest absolute Gasteiger partial charge is 0.319 e. The Bertz CT molecular complexity index is 885. The SMILES string of the molecule is Cc1ccc(/C=C(\C#N)C(=O)Nc2ccccc2F)cc1[N+](=O)[O-]. The lowest BCUT2D eigenvalue weighted by molar-refractivity contribution is -0.385. The minimum Gasteiger partial charge on any atom is -0.319 e. The minimum absolute atomic E-state index is 0.0569. The number of nitrogens with zero attached hydrogens (tertiary/aromatic N) is 2. The van der Waals surface area contributed by atoms with Crippen LogP contribution in [0.2, 0.25) is 0 Å². The lowest BCUT2D eigenvalue weighted by atomic mass is 10.1. The van der Waals surface area contributed by atoms with Crippen LogP contribution < -0.4 is 5.32 Å². The molecule has 0 fully saturated rings. The third kappa shape index (κ3) is 3.81. The lowest BCUT2D eigenvalue weighted by Crippen LogP contribution is -2.14. The molecule has 0 aliphatic heterocycles. The van der Waals surface area contributed by atoms with Gasteiger partial charge in [-0.05, 0) is 30.7 Å². The van der Waals surface area contributed by atoms with Crippen molar-refractivity contribution in [3.63, 3.8) is 0 Å². The number of benzene rings is 2. The molecule has 0 aliphatic rings. The standard InChI is InChI=1S/C17H12FN3O3/c1-11-6-7-12(9-16(11)21(23)24)8-13(10-19)17(22)20-15-5-3-2-4-14(15)18/h2-9H,1H3,(H,20,22)/b13-8+. The molecule has 2 aromatic carbocycles. The van der Waals surface area contributed by atoms with E-state index in [0.717, 1.165) is 0 Å². The van der Waals surface area contributed by atoms with Crippen molar-refractivity contribution < 1.29 is 14.1 Å². The summed E-state index contributed by atoms with van der Waals surface area (Å²) in [7, 11) is 0. The number of nitro benzene ring substituents is 1. The van der Waals surface area contributed by atoms with Gasteiger partial charge in [0.25, 0.3) is 11.6 Å². The number of nitrogens with one attached hydrogen (secondary N) is 1. The lowest BCUT2D eigenvalue weighted by Gasteiger charge is -2.05. The highest BCUT2D eigenvalue weighted by Gasteiger charge is 2.14. The average molecular weight is 325 g/mol. The van der Waals surface area contributed by atoms with E-state index in [9.17, 15) is 19.3 Å². The molecule has 120 valence electrons. The first-order valence-corrected chi connectivity index (χ1v) is 6.85. The summed E-state index contributed by atoms with van der Waals surface area (Å²) < 4.78 is 13.5. The monoisotopic (exact) mass is 325 g/mol. The number of aryl methyl sites for hydroxylation is 1. The Labute approximate surface area is 137 Å². The van der Waals surface area contributed by atoms with Gasteiger partial charge in [0.1, 0.15) is 17.5 Å². The van der Waals surface area contributed by atoms with Crippen molar-refractivity contribution in [2.45, 2.75) is 6.92 Å². The maximum atomic E-state index is 13.5. The highest BCUT2D eigenvalue weighted by atomic mass is 19.1. The molecule has 7 heteroatoms. The highest BCUT2D eigenvalue weighted by Crippen LogP contribution is 2.21. The van der Waals surface area contributed by atoms with Gasteiger partial charge in [0.2, 0.25) is 0 Å². The van der Waals surface area contributed by atoms with Gasteiger partial charge < -0.3 is 5.32 Å². The van der Waals surface area contributed by atoms with E-state index < -0.39 is 16.6 Å². The minimum atomic E-state index is -0.800. The molecule has 0 aromatic heterocycles. The number of amides is 1. The van der Waals surface area contributed by atoms with Crippen molar-refractivity contribution in [2.75, 3.05) is 5.32 Å². The van der Waals surface area contributed by atoms with Crippen LogP contribution in [0, 0.1) is 34.2 Å². The summed E-state index contributed by atoms with van der Waals surface area (Å²) in [5.41, 5.74) is 0.324. The van der Waals surface area contributed by atoms with Gasteiger partial charge in [-0.2, -0.15) is 5.26 Å². The quantitative estimate of drug-likeness (QED) is 0.402. The smallest absolute Gasteiger partial charge is 0.272 e. The van der Waals surface area contributed by atoms with Gasteiger partial charge in [-0.3, -0.25) is 14.9 Å². The third-order valence-electron chi connectivity index (χ3n) is 3.23. The maximum Gasteiger partial charge on any atom is 0.272 e. The van der Waals surface area contributed by atoms with Crippen molar-refractivity contribution in [3.05, 3.63) is 75.1 Å². The van der Waals surface area contributed by atoms with Crippen LogP contribution >= 0.6 is 0 Å². The van der Waals surface area contributed by atoms with Crippen LogP contribution in [0.1, 0.15) is 11.1 Å².